The first-order valence-electron chi connectivity index (χ1n) is 11.0. The molecule has 2 aromatic rings. The van der Waals surface area contributed by atoms with Crippen LogP contribution in [0.15, 0.2) is 48.5 Å². The number of benzene rings is 2. The van der Waals surface area contributed by atoms with E-state index in [0.29, 0.717) is 10.8 Å². The summed E-state index contributed by atoms with van der Waals surface area (Å²) in [4.78, 5) is 27.7. The maximum atomic E-state index is 13.1. The highest BCUT2D eigenvalue weighted by Gasteiger charge is 2.28. The molecule has 0 aromatic heterocycles. The SMILES string of the molecule is Cc1cccc(OCC(=O)N(Cc2ccccc2Cl)[C@H](C)C(=O)NC2CCCCC2)c1. The van der Waals surface area contributed by atoms with E-state index in [-0.39, 0.29) is 31.0 Å². The minimum atomic E-state index is -0.633. The highest BCUT2D eigenvalue weighted by atomic mass is 35.5. The van der Waals surface area contributed by atoms with Gasteiger partial charge >= 0.3 is 0 Å². The Bertz CT molecular complexity index is 896. The minimum absolute atomic E-state index is 0.136. The zero-order chi connectivity index (χ0) is 22.2. The van der Waals surface area contributed by atoms with E-state index < -0.39 is 6.04 Å². The zero-order valence-corrected chi connectivity index (χ0v) is 19.0. The van der Waals surface area contributed by atoms with Gasteiger partial charge in [0.15, 0.2) is 6.61 Å². The second-order valence-electron chi connectivity index (χ2n) is 8.24. The maximum absolute atomic E-state index is 13.1. The van der Waals surface area contributed by atoms with Crippen LogP contribution >= 0.6 is 11.6 Å². The summed E-state index contributed by atoms with van der Waals surface area (Å²) in [6.07, 6.45) is 5.47. The minimum Gasteiger partial charge on any atom is -0.484 e. The standard InChI is InChI=1S/C25H31ClN2O3/c1-18-9-8-13-22(15-18)31-17-24(29)28(16-20-10-6-7-14-23(20)26)19(2)25(30)27-21-11-4-3-5-12-21/h6-10,13-15,19,21H,3-5,11-12,16-17H2,1-2H3,(H,27,30)/t19-/m1/s1. The van der Waals surface area contributed by atoms with Crippen molar-refractivity contribution >= 4 is 23.4 Å². The predicted molar refractivity (Wildman–Crippen MR) is 123 cm³/mol. The van der Waals surface area contributed by atoms with Gasteiger partial charge in [-0.3, -0.25) is 9.59 Å². The van der Waals surface area contributed by atoms with Crippen LogP contribution in [-0.2, 0) is 16.1 Å². The number of rotatable bonds is 8. The second kappa shape index (κ2) is 11.2. The molecule has 31 heavy (non-hydrogen) atoms. The molecule has 0 saturated heterocycles. The topological polar surface area (TPSA) is 58.6 Å². The third-order valence-corrected chi connectivity index (χ3v) is 6.14. The van der Waals surface area contributed by atoms with Crippen molar-refractivity contribution in [1.29, 1.82) is 0 Å². The van der Waals surface area contributed by atoms with E-state index in [2.05, 4.69) is 5.32 Å². The molecule has 0 unspecified atom stereocenters. The summed E-state index contributed by atoms with van der Waals surface area (Å²) in [5.74, 6) is 0.237. The van der Waals surface area contributed by atoms with E-state index >= 15 is 0 Å². The smallest absolute Gasteiger partial charge is 0.261 e. The number of ether oxygens (including phenoxy) is 1. The molecular weight excluding hydrogens is 412 g/mol. The molecular formula is C25H31ClN2O3. The Morgan fingerprint density at radius 1 is 1.13 bits per heavy atom. The van der Waals surface area contributed by atoms with E-state index in [4.69, 9.17) is 16.3 Å². The van der Waals surface area contributed by atoms with Gasteiger partial charge in [0.1, 0.15) is 11.8 Å². The Morgan fingerprint density at radius 2 is 1.87 bits per heavy atom. The first kappa shape index (κ1) is 23.1. The number of amides is 2. The van der Waals surface area contributed by atoms with Gasteiger partial charge in [0.2, 0.25) is 5.91 Å². The molecule has 1 saturated carbocycles. The summed E-state index contributed by atoms with van der Waals surface area (Å²) in [5, 5.41) is 3.70. The lowest BCUT2D eigenvalue weighted by Crippen LogP contribution is -2.51. The lowest BCUT2D eigenvalue weighted by atomic mass is 9.95. The van der Waals surface area contributed by atoms with Crippen LogP contribution in [0, 0.1) is 6.92 Å². The number of hydrogen-bond donors (Lipinski definition) is 1. The summed E-state index contributed by atoms with van der Waals surface area (Å²) in [6, 6.07) is 14.5. The number of hydrogen-bond acceptors (Lipinski definition) is 3. The Kier molecular flexibility index (Phi) is 8.35. The molecule has 0 spiro atoms. The fourth-order valence-electron chi connectivity index (χ4n) is 3.89. The number of halogens is 1. The number of carbonyl (C=O) groups excluding carboxylic acids is 2. The molecule has 1 fully saturated rings. The molecule has 0 radical (unpaired) electrons. The van der Waals surface area contributed by atoms with Gasteiger partial charge in [0, 0.05) is 17.6 Å². The van der Waals surface area contributed by atoms with Gasteiger partial charge in [-0.15, -0.1) is 0 Å². The number of nitrogens with zero attached hydrogens (tertiary/aromatic N) is 1. The lowest BCUT2D eigenvalue weighted by molar-refractivity contribution is -0.142. The summed E-state index contributed by atoms with van der Waals surface area (Å²) >= 11 is 6.33. The molecule has 0 bridgehead atoms. The molecule has 166 valence electrons. The summed E-state index contributed by atoms with van der Waals surface area (Å²) in [6.45, 7) is 3.83. The fraction of sp³-hybridized carbons (Fsp3) is 0.440. The predicted octanol–water partition coefficient (Wildman–Crippen LogP) is 4.89. The van der Waals surface area contributed by atoms with E-state index in [9.17, 15) is 9.59 Å². The van der Waals surface area contributed by atoms with E-state index in [0.717, 1.165) is 36.8 Å². The molecule has 6 heteroatoms. The van der Waals surface area contributed by atoms with Crippen molar-refractivity contribution in [3.05, 3.63) is 64.7 Å². The molecule has 0 aliphatic heterocycles. The van der Waals surface area contributed by atoms with Crippen molar-refractivity contribution in [3.8, 4) is 5.75 Å². The molecule has 0 heterocycles. The van der Waals surface area contributed by atoms with Crippen molar-refractivity contribution in [2.45, 2.75) is 64.6 Å². The third kappa shape index (κ3) is 6.73. The second-order valence-corrected chi connectivity index (χ2v) is 8.64. The first-order valence-corrected chi connectivity index (χ1v) is 11.3. The van der Waals surface area contributed by atoms with Crippen molar-refractivity contribution in [1.82, 2.24) is 10.2 Å². The molecule has 5 nitrogen and oxygen atoms in total. The zero-order valence-electron chi connectivity index (χ0n) is 18.3. The summed E-state index contributed by atoms with van der Waals surface area (Å²) < 4.78 is 5.72. The first-order chi connectivity index (χ1) is 14.9. The van der Waals surface area contributed by atoms with Gasteiger partial charge in [0.25, 0.3) is 5.91 Å². The third-order valence-electron chi connectivity index (χ3n) is 5.77. The van der Waals surface area contributed by atoms with Gasteiger partial charge in [-0.25, -0.2) is 0 Å². The van der Waals surface area contributed by atoms with Gasteiger partial charge in [-0.1, -0.05) is 61.2 Å². The van der Waals surface area contributed by atoms with Crippen LogP contribution < -0.4 is 10.1 Å². The van der Waals surface area contributed by atoms with Gasteiger partial charge in [-0.05, 0) is 56.0 Å². The average Bonchev–Trinajstić information content (AvgIpc) is 2.77. The van der Waals surface area contributed by atoms with Gasteiger partial charge in [0.05, 0.1) is 0 Å². The van der Waals surface area contributed by atoms with Crippen molar-refractivity contribution < 1.29 is 14.3 Å². The van der Waals surface area contributed by atoms with Crippen LogP contribution in [0.3, 0.4) is 0 Å². The van der Waals surface area contributed by atoms with Crippen LogP contribution in [-0.4, -0.2) is 35.4 Å². The Morgan fingerprint density at radius 3 is 2.58 bits per heavy atom. The van der Waals surface area contributed by atoms with Crippen LogP contribution in [0.4, 0.5) is 0 Å². The molecule has 1 N–H and O–H groups in total. The molecule has 2 aromatic carbocycles. The monoisotopic (exact) mass is 442 g/mol. The van der Waals surface area contributed by atoms with E-state index in [1.165, 1.54) is 6.42 Å². The van der Waals surface area contributed by atoms with Crippen molar-refractivity contribution in [2.75, 3.05) is 6.61 Å². The normalized spacial score (nSPS) is 15.2. The summed E-state index contributed by atoms with van der Waals surface area (Å²) in [7, 11) is 0. The number of carbonyl (C=O) groups is 2. The Balaban J connectivity index is 1.72. The number of aryl methyl sites for hydroxylation is 1. The molecule has 1 atom stereocenters. The van der Waals surface area contributed by atoms with Crippen LogP contribution in [0.25, 0.3) is 0 Å². The molecule has 1 aliphatic rings. The quantitative estimate of drug-likeness (QED) is 0.633. The lowest BCUT2D eigenvalue weighted by Gasteiger charge is -2.31. The molecule has 1 aliphatic carbocycles. The van der Waals surface area contributed by atoms with Gasteiger partial charge < -0.3 is 15.0 Å². The maximum Gasteiger partial charge on any atom is 0.261 e. The summed E-state index contributed by atoms with van der Waals surface area (Å²) in [5.41, 5.74) is 1.85. The number of nitrogens with one attached hydrogen (secondary N) is 1. The van der Waals surface area contributed by atoms with Crippen LogP contribution in [0.1, 0.15) is 50.2 Å². The van der Waals surface area contributed by atoms with Crippen LogP contribution in [0.2, 0.25) is 5.02 Å². The molecule has 3 rings (SSSR count). The average molecular weight is 443 g/mol. The van der Waals surface area contributed by atoms with Gasteiger partial charge in [-0.2, -0.15) is 0 Å². The Hall–Kier alpha value is -2.53. The highest BCUT2D eigenvalue weighted by molar-refractivity contribution is 6.31. The highest BCUT2D eigenvalue weighted by Crippen LogP contribution is 2.21. The van der Waals surface area contributed by atoms with E-state index in [1.54, 1.807) is 17.9 Å². The molecule has 2 amide bonds. The Labute approximate surface area is 189 Å². The van der Waals surface area contributed by atoms with Crippen LogP contribution in [0.5, 0.6) is 5.75 Å². The largest absolute Gasteiger partial charge is 0.484 e. The van der Waals surface area contributed by atoms with Crippen molar-refractivity contribution in [2.24, 2.45) is 0 Å². The fourth-order valence-corrected chi connectivity index (χ4v) is 4.09. The van der Waals surface area contributed by atoms with E-state index in [1.807, 2.05) is 49.4 Å². The van der Waals surface area contributed by atoms with Crippen molar-refractivity contribution in [3.63, 3.8) is 0 Å².